The van der Waals surface area contributed by atoms with Crippen molar-refractivity contribution in [3.63, 3.8) is 0 Å². The molecule has 0 saturated carbocycles. The van der Waals surface area contributed by atoms with Gasteiger partial charge in [0.25, 0.3) is 0 Å². The van der Waals surface area contributed by atoms with Crippen molar-refractivity contribution in [3.05, 3.63) is 35.9 Å². The van der Waals surface area contributed by atoms with E-state index in [0.29, 0.717) is 19.3 Å². The van der Waals surface area contributed by atoms with E-state index in [1.807, 2.05) is 6.92 Å². The van der Waals surface area contributed by atoms with Crippen LogP contribution in [0, 0.1) is 17.2 Å². The number of benzene rings is 1. The zero-order valence-corrected chi connectivity index (χ0v) is 40.9. The van der Waals surface area contributed by atoms with Gasteiger partial charge in [0.05, 0.1) is 31.4 Å². The number of amides is 9. The minimum atomic E-state index is -1.74. The van der Waals surface area contributed by atoms with Gasteiger partial charge in [-0.1, -0.05) is 84.2 Å². The summed E-state index contributed by atoms with van der Waals surface area (Å²) < 4.78 is 0. The van der Waals surface area contributed by atoms with E-state index < -0.39 is 145 Å². The summed E-state index contributed by atoms with van der Waals surface area (Å²) in [7, 11) is 0. The Kier molecular flexibility index (Phi) is 25.2. The number of hydrogen-bond donors (Lipinski definition) is 16. The zero-order chi connectivity index (χ0) is 52.8. The van der Waals surface area contributed by atoms with Crippen molar-refractivity contribution < 1.29 is 58.5 Å². The quantitative estimate of drug-likeness (QED) is 0.0476. The Hall–Kier alpha value is -6.44. The summed E-state index contributed by atoms with van der Waals surface area (Å²) in [6.07, 6.45) is -1.73. The smallest absolute Gasteiger partial charge is 0.245 e. The van der Waals surface area contributed by atoms with E-state index in [0.717, 1.165) is 0 Å². The van der Waals surface area contributed by atoms with Gasteiger partial charge >= 0.3 is 0 Å². The number of rotatable bonds is 14. The van der Waals surface area contributed by atoms with Gasteiger partial charge in [0.2, 0.25) is 53.2 Å². The summed E-state index contributed by atoms with van der Waals surface area (Å²) in [5.41, 5.74) is 12.2. The van der Waals surface area contributed by atoms with Crippen LogP contribution in [0.1, 0.15) is 98.6 Å². The minimum absolute atomic E-state index is 0.0259. The maximum atomic E-state index is 14.2. The minimum Gasteiger partial charge on any atom is -0.394 e. The van der Waals surface area contributed by atoms with Crippen LogP contribution >= 0.6 is 0 Å². The van der Waals surface area contributed by atoms with Gasteiger partial charge in [-0.05, 0) is 50.5 Å². The van der Waals surface area contributed by atoms with Crippen LogP contribution in [0.25, 0.3) is 0 Å². The topological polar surface area (TPSA) is 411 Å². The highest BCUT2D eigenvalue weighted by Gasteiger charge is 2.39. The molecule has 1 unspecified atom stereocenters. The van der Waals surface area contributed by atoms with Gasteiger partial charge in [-0.25, -0.2) is 0 Å². The number of nitrogens with one attached hydrogen (secondary N) is 11. The third kappa shape index (κ3) is 18.8. The molecular weight excluding hydrogens is 915 g/mol. The van der Waals surface area contributed by atoms with E-state index in [1.54, 1.807) is 45.9 Å². The van der Waals surface area contributed by atoms with Crippen molar-refractivity contribution in [2.45, 2.75) is 154 Å². The molecule has 1 aliphatic heterocycles. The van der Waals surface area contributed by atoms with Gasteiger partial charge in [0.1, 0.15) is 48.3 Å². The van der Waals surface area contributed by atoms with Crippen LogP contribution in [-0.4, -0.2) is 155 Å². The van der Waals surface area contributed by atoms with E-state index in [-0.39, 0.29) is 37.3 Å². The summed E-state index contributed by atoms with van der Waals surface area (Å²) in [4.78, 5) is 124. The standard InChI is InChI=1S/C45H75N13O12/c1-8-10-17-27-38(64)52-28(18-14-19-49-45(47)48)39(65)55-32(23(5)9-2)43(69)56-33(25(7)60)42(68)50-20-30(61)51-24(6)37(63)54-29(21-59)40(66)57-34(26-15-12-11-13-16-26)31(46)41(67)58-35(44(70)53-27)36(62)22(3)4/h11-13,15-16,22-25,27-29,31-36,59-60,62H,8-10,14,17-21,46H2,1-7H3,(H,50,68)(H,51,61)(H,52,64)(H,53,70)(H,54,63)(H,55,65)(H,56,69)(H,57,66)(H,58,67)(H4,47,48,49)/t23-,24-,25-,27-,28+,29?,31-,32-,33-,34+,35-,36+/m0/s1. The number of nitrogens with two attached hydrogens (primary N) is 2. The molecule has 1 saturated heterocycles. The van der Waals surface area contributed by atoms with Gasteiger partial charge in [-0.3, -0.25) is 48.6 Å². The molecule has 12 atom stereocenters. The Morgan fingerprint density at radius 2 is 1.21 bits per heavy atom. The number of hydrogen-bond acceptors (Lipinski definition) is 14. The molecule has 0 radical (unpaired) electrons. The first-order chi connectivity index (χ1) is 33.0. The van der Waals surface area contributed by atoms with Crippen LogP contribution in [0.3, 0.4) is 0 Å². The Labute approximate surface area is 407 Å². The fraction of sp³-hybridized carbons (Fsp3) is 0.644. The molecule has 1 heterocycles. The molecule has 0 aliphatic carbocycles. The Morgan fingerprint density at radius 3 is 1.77 bits per heavy atom. The molecule has 0 aromatic heterocycles. The maximum Gasteiger partial charge on any atom is 0.245 e. The molecule has 25 nitrogen and oxygen atoms in total. The van der Waals surface area contributed by atoms with E-state index in [4.69, 9.17) is 16.9 Å². The Morgan fingerprint density at radius 1 is 0.686 bits per heavy atom. The van der Waals surface area contributed by atoms with Gasteiger partial charge in [-0.15, -0.1) is 0 Å². The first kappa shape index (κ1) is 59.7. The highest BCUT2D eigenvalue weighted by Crippen LogP contribution is 2.18. The van der Waals surface area contributed by atoms with Gasteiger partial charge in [0.15, 0.2) is 5.96 Å². The van der Waals surface area contributed by atoms with Gasteiger partial charge < -0.3 is 80.0 Å². The second kappa shape index (κ2) is 29.6. The number of carbonyl (C=O) groups excluding carboxylic acids is 9. The average molecular weight is 990 g/mol. The fourth-order valence-corrected chi connectivity index (χ4v) is 7.13. The van der Waals surface area contributed by atoms with Crippen molar-refractivity contribution in [1.82, 2.24) is 53.2 Å². The van der Waals surface area contributed by atoms with Gasteiger partial charge in [0, 0.05) is 6.54 Å². The highest BCUT2D eigenvalue weighted by atomic mass is 16.3. The summed E-state index contributed by atoms with van der Waals surface area (Å²) in [5.74, 6) is -10.1. The SMILES string of the molecule is CCCC[C@@H]1NC(=O)[C@H]([C@H](O)C(C)C)NC(=O)[C@@H](N)[C@@H](c2ccccc2)NC(=O)C(CO)NC(=O)[C@H](C)NC(=O)CNC(=O)[C@H]([C@H](C)O)NC(=O)[C@H]([C@@H](C)CC)NC(=O)[C@@H](CCCNC(=N)N)NC1=O. The van der Waals surface area contributed by atoms with Crippen LogP contribution in [-0.2, 0) is 43.2 Å². The molecular formula is C45H75N13O12. The lowest BCUT2D eigenvalue weighted by molar-refractivity contribution is -0.138. The second-order valence-corrected chi connectivity index (χ2v) is 17.7. The van der Waals surface area contributed by atoms with Crippen molar-refractivity contribution in [3.8, 4) is 0 Å². The van der Waals surface area contributed by atoms with Crippen molar-refractivity contribution >= 4 is 59.1 Å². The molecule has 2 rings (SSSR count). The molecule has 1 aromatic carbocycles. The lowest BCUT2D eigenvalue weighted by atomic mass is 9.95. The van der Waals surface area contributed by atoms with E-state index >= 15 is 0 Å². The predicted octanol–water partition coefficient (Wildman–Crippen LogP) is -4.40. The number of aliphatic hydroxyl groups excluding tert-OH is 3. The molecule has 9 amide bonds. The first-order valence-electron chi connectivity index (χ1n) is 23.5. The van der Waals surface area contributed by atoms with E-state index in [9.17, 15) is 58.5 Å². The van der Waals surface area contributed by atoms with Crippen molar-refractivity contribution in [2.24, 2.45) is 23.3 Å². The summed E-state index contributed by atoms with van der Waals surface area (Å²) in [6.45, 7) is 9.19. The number of aliphatic hydroxyl groups is 3. The van der Waals surface area contributed by atoms with E-state index in [1.165, 1.54) is 26.0 Å². The molecule has 25 heteroatoms. The molecule has 0 bridgehead atoms. The summed E-state index contributed by atoms with van der Waals surface area (Å²) >= 11 is 0. The normalized spacial score (nSPS) is 27.0. The maximum absolute atomic E-state index is 14.2. The number of unbranched alkanes of at least 4 members (excludes halogenated alkanes) is 1. The highest BCUT2D eigenvalue weighted by molar-refractivity contribution is 5.98. The van der Waals surface area contributed by atoms with Crippen molar-refractivity contribution in [2.75, 3.05) is 19.7 Å². The second-order valence-electron chi connectivity index (χ2n) is 17.7. The predicted molar refractivity (Wildman–Crippen MR) is 255 cm³/mol. The molecule has 70 heavy (non-hydrogen) atoms. The molecule has 18 N–H and O–H groups in total. The largest absolute Gasteiger partial charge is 0.394 e. The zero-order valence-electron chi connectivity index (χ0n) is 40.9. The van der Waals surface area contributed by atoms with E-state index in [2.05, 4.69) is 53.2 Å². The monoisotopic (exact) mass is 990 g/mol. The molecule has 1 fully saturated rings. The summed E-state index contributed by atoms with van der Waals surface area (Å²) in [6, 6.07) is -5.70. The Bertz CT molecular complexity index is 1960. The summed E-state index contributed by atoms with van der Waals surface area (Å²) in [5, 5.41) is 64.5. The van der Waals surface area contributed by atoms with Crippen LogP contribution < -0.4 is 64.6 Å². The lowest BCUT2D eigenvalue weighted by Gasteiger charge is -2.32. The van der Waals surface area contributed by atoms with Crippen LogP contribution in [0.5, 0.6) is 0 Å². The van der Waals surface area contributed by atoms with Crippen LogP contribution in [0.4, 0.5) is 0 Å². The molecule has 0 spiro atoms. The Balaban J connectivity index is 2.75. The van der Waals surface area contributed by atoms with Crippen molar-refractivity contribution in [1.29, 1.82) is 5.41 Å². The third-order valence-electron chi connectivity index (χ3n) is 11.7. The molecule has 392 valence electrons. The molecule has 1 aliphatic rings. The van der Waals surface area contributed by atoms with Crippen LogP contribution in [0.15, 0.2) is 30.3 Å². The lowest BCUT2D eigenvalue weighted by Crippen LogP contribution is -2.63. The third-order valence-corrected chi connectivity index (χ3v) is 11.7. The average Bonchev–Trinajstić information content (AvgIpc) is 3.32. The fourth-order valence-electron chi connectivity index (χ4n) is 7.13. The molecule has 1 aromatic rings. The number of carbonyl (C=O) groups is 9. The van der Waals surface area contributed by atoms with Crippen LogP contribution in [0.2, 0.25) is 0 Å². The first-order valence-corrected chi connectivity index (χ1v) is 23.5. The number of guanidine groups is 1. The van der Waals surface area contributed by atoms with Gasteiger partial charge in [-0.2, -0.15) is 0 Å².